The van der Waals surface area contributed by atoms with Crippen molar-refractivity contribution < 1.29 is 14.3 Å². The number of piperidine rings is 1. The van der Waals surface area contributed by atoms with Crippen molar-refractivity contribution in [2.24, 2.45) is 5.92 Å². The van der Waals surface area contributed by atoms with Crippen LogP contribution in [-0.2, 0) is 16.0 Å². The van der Waals surface area contributed by atoms with Crippen LogP contribution >= 0.6 is 0 Å². The van der Waals surface area contributed by atoms with Crippen LogP contribution in [0.2, 0.25) is 0 Å². The predicted molar refractivity (Wildman–Crippen MR) is 134 cm³/mol. The number of allylic oxidation sites excluding steroid dienone is 2. The van der Waals surface area contributed by atoms with Gasteiger partial charge in [-0.1, -0.05) is 37.3 Å². The zero-order valence-corrected chi connectivity index (χ0v) is 21.3. The lowest BCUT2D eigenvalue weighted by molar-refractivity contribution is -0.131. The molecule has 6 heteroatoms. The number of carbonyl (C=O) groups excluding carboxylic acids is 2. The third-order valence-corrected chi connectivity index (χ3v) is 6.75. The fourth-order valence-electron chi connectivity index (χ4n) is 4.92. The lowest BCUT2D eigenvalue weighted by atomic mass is 9.86. The van der Waals surface area contributed by atoms with Gasteiger partial charge in [0.15, 0.2) is 0 Å². The summed E-state index contributed by atoms with van der Waals surface area (Å²) >= 11 is 0. The van der Waals surface area contributed by atoms with Crippen LogP contribution in [0.3, 0.4) is 0 Å². The summed E-state index contributed by atoms with van der Waals surface area (Å²) in [7, 11) is 0. The number of rotatable bonds is 5. The van der Waals surface area contributed by atoms with Crippen molar-refractivity contribution in [1.29, 1.82) is 5.26 Å². The summed E-state index contributed by atoms with van der Waals surface area (Å²) in [4.78, 5) is 27.8. The average Bonchev–Trinajstić information content (AvgIpc) is 2.79. The summed E-state index contributed by atoms with van der Waals surface area (Å²) in [6.07, 6.45) is 8.66. The Morgan fingerprint density at radius 1 is 1.18 bits per heavy atom. The van der Waals surface area contributed by atoms with E-state index in [0.717, 1.165) is 31.2 Å². The second kappa shape index (κ2) is 11.1. The molecule has 0 radical (unpaired) electrons. The maximum absolute atomic E-state index is 13.3. The van der Waals surface area contributed by atoms with Crippen molar-refractivity contribution in [1.82, 2.24) is 10.2 Å². The summed E-state index contributed by atoms with van der Waals surface area (Å²) in [5, 5.41) is 12.7. The zero-order valence-electron chi connectivity index (χ0n) is 21.3. The highest BCUT2D eigenvalue weighted by Gasteiger charge is 2.42. The van der Waals surface area contributed by atoms with Crippen molar-refractivity contribution >= 4 is 17.6 Å². The number of hydrogen-bond donors (Lipinski definition) is 1. The normalized spacial score (nSPS) is 23.9. The van der Waals surface area contributed by atoms with Crippen molar-refractivity contribution in [2.75, 3.05) is 0 Å². The van der Waals surface area contributed by atoms with E-state index in [2.05, 4.69) is 29.6 Å². The molecule has 0 unspecified atom stereocenters. The molecule has 0 saturated carbocycles. The SMILES string of the molecule is C[C@@H]1CC[C@H](C)N(C(=O)OC(C)(C)C)[C@@H]1C(=O)N[C@H](C#N)Cc1ccc(C2=CCCCC2)cc1. The number of ether oxygens (including phenoxy) is 1. The van der Waals surface area contributed by atoms with Crippen molar-refractivity contribution in [3.05, 3.63) is 41.5 Å². The molecule has 1 heterocycles. The van der Waals surface area contributed by atoms with Crippen LogP contribution in [-0.4, -0.2) is 40.6 Å². The Balaban J connectivity index is 1.69. The maximum atomic E-state index is 13.3. The van der Waals surface area contributed by atoms with Crippen LogP contribution in [0.5, 0.6) is 0 Å². The number of nitriles is 1. The summed E-state index contributed by atoms with van der Waals surface area (Å²) in [5.41, 5.74) is 2.98. The van der Waals surface area contributed by atoms with Gasteiger partial charge in [0.25, 0.3) is 0 Å². The van der Waals surface area contributed by atoms with Crippen LogP contribution in [0.15, 0.2) is 30.3 Å². The highest BCUT2D eigenvalue weighted by atomic mass is 16.6. The van der Waals surface area contributed by atoms with Gasteiger partial charge in [-0.15, -0.1) is 0 Å². The number of nitrogens with zero attached hydrogens (tertiary/aromatic N) is 2. The van der Waals surface area contributed by atoms with Gasteiger partial charge in [0.2, 0.25) is 5.91 Å². The van der Waals surface area contributed by atoms with Gasteiger partial charge in [0.1, 0.15) is 17.7 Å². The Hall–Kier alpha value is -2.81. The number of nitrogens with one attached hydrogen (secondary N) is 1. The maximum Gasteiger partial charge on any atom is 0.411 e. The van der Waals surface area contributed by atoms with Crippen molar-refractivity contribution in [2.45, 2.75) is 103 Å². The van der Waals surface area contributed by atoms with E-state index in [9.17, 15) is 14.9 Å². The molecular weight excluding hydrogens is 426 g/mol. The molecule has 34 heavy (non-hydrogen) atoms. The third-order valence-electron chi connectivity index (χ3n) is 6.75. The zero-order chi connectivity index (χ0) is 24.9. The van der Waals surface area contributed by atoms with E-state index in [0.29, 0.717) is 6.42 Å². The largest absolute Gasteiger partial charge is 0.444 e. The van der Waals surface area contributed by atoms with Gasteiger partial charge in [0, 0.05) is 12.5 Å². The second-order valence-electron chi connectivity index (χ2n) is 10.8. The van der Waals surface area contributed by atoms with Crippen molar-refractivity contribution in [3.63, 3.8) is 0 Å². The first kappa shape index (κ1) is 25.8. The molecule has 2 amide bonds. The standard InChI is InChI=1S/C28H39N3O3/c1-19-11-12-20(2)31(27(33)34-28(3,4)5)25(19)26(32)30-24(18-29)17-21-13-15-23(16-14-21)22-9-7-6-8-10-22/h9,13-16,19-20,24-25H,6-8,10-12,17H2,1-5H3,(H,30,32)/t19-,20+,24+,25+/m1/s1. The Morgan fingerprint density at radius 2 is 1.88 bits per heavy atom. The summed E-state index contributed by atoms with van der Waals surface area (Å²) < 4.78 is 5.60. The van der Waals surface area contributed by atoms with E-state index >= 15 is 0 Å². The van der Waals surface area contributed by atoms with E-state index in [1.165, 1.54) is 24.0 Å². The van der Waals surface area contributed by atoms with Gasteiger partial charge in [-0.2, -0.15) is 5.26 Å². The molecule has 1 saturated heterocycles. The van der Waals surface area contributed by atoms with Gasteiger partial charge < -0.3 is 10.1 Å². The van der Waals surface area contributed by atoms with Gasteiger partial charge >= 0.3 is 6.09 Å². The molecular formula is C28H39N3O3. The van der Waals surface area contributed by atoms with E-state index < -0.39 is 23.8 Å². The van der Waals surface area contributed by atoms with Crippen molar-refractivity contribution in [3.8, 4) is 6.07 Å². The second-order valence-corrected chi connectivity index (χ2v) is 10.8. The van der Waals surface area contributed by atoms with E-state index in [1.54, 1.807) is 4.90 Å². The highest BCUT2D eigenvalue weighted by Crippen LogP contribution is 2.30. The van der Waals surface area contributed by atoms with Crippen LogP contribution in [0.4, 0.5) is 4.79 Å². The molecule has 6 nitrogen and oxygen atoms in total. The monoisotopic (exact) mass is 465 g/mol. The van der Waals surface area contributed by atoms with E-state index in [-0.39, 0.29) is 17.9 Å². The van der Waals surface area contributed by atoms with Gasteiger partial charge in [-0.3, -0.25) is 9.69 Å². The fourth-order valence-corrected chi connectivity index (χ4v) is 4.92. The van der Waals surface area contributed by atoms with Gasteiger partial charge in [-0.05, 0) is 88.8 Å². The number of likely N-dealkylation sites (tertiary alicyclic amines) is 1. The summed E-state index contributed by atoms with van der Waals surface area (Å²) in [6.45, 7) is 9.38. The molecule has 184 valence electrons. The Labute approximate surface area is 204 Å². The Kier molecular flexibility index (Phi) is 8.41. The smallest absolute Gasteiger partial charge is 0.411 e. The molecule has 1 aliphatic carbocycles. The minimum Gasteiger partial charge on any atom is -0.444 e. The highest BCUT2D eigenvalue weighted by molar-refractivity contribution is 5.87. The van der Waals surface area contributed by atoms with Crippen LogP contribution in [0.1, 0.15) is 84.3 Å². The molecule has 1 aromatic rings. The minimum absolute atomic E-state index is 0.0221. The van der Waals surface area contributed by atoms with Crippen LogP contribution in [0, 0.1) is 17.2 Å². The molecule has 0 spiro atoms. The lowest BCUT2D eigenvalue weighted by Crippen LogP contribution is -2.60. The number of carbonyl (C=O) groups is 2. The first-order valence-electron chi connectivity index (χ1n) is 12.6. The number of amides is 2. The molecule has 0 aromatic heterocycles. The topological polar surface area (TPSA) is 82.4 Å². The quantitative estimate of drug-likeness (QED) is 0.612. The molecule has 1 aliphatic heterocycles. The Bertz CT molecular complexity index is 939. The first-order chi connectivity index (χ1) is 16.1. The fraction of sp³-hybridized carbons (Fsp3) is 0.607. The molecule has 4 atom stereocenters. The Morgan fingerprint density at radius 3 is 2.47 bits per heavy atom. The molecule has 1 fully saturated rings. The van der Waals surface area contributed by atoms with E-state index in [4.69, 9.17) is 4.74 Å². The van der Waals surface area contributed by atoms with Gasteiger partial charge in [0.05, 0.1) is 6.07 Å². The number of hydrogen-bond acceptors (Lipinski definition) is 4. The third kappa shape index (κ3) is 6.62. The first-order valence-corrected chi connectivity index (χ1v) is 12.6. The number of benzene rings is 1. The average molecular weight is 466 g/mol. The van der Waals surface area contributed by atoms with Gasteiger partial charge in [-0.25, -0.2) is 4.79 Å². The summed E-state index contributed by atoms with van der Waals surface area (Å²) in [5.74, 6) is -0.313. The molecule has 0 bridgehead atoms. The summed E-state index contributed by atoms with van der Waals surface area (Å²) in [6, 6.07) is 9.10. The van der Waals surface area contributed by atoms with Crippen LogP contribution < -0.4 is 5.32 Å². The molecule has 3 rings (SSSR count). The molecule has 1 N–H and O–H groups in total. The predicted octanol–water partition coefficient (Wildman–Crippen LogP) is 5.62. The molecule has 1 aromatic carbocycles. The lowest BCUT2D eigenvalue weighted by Gasteiger charge is -2.43. The minimum atomic E-state index is -0.669. The van der Waals surface area contributed by atoms with E-state index in [1.807, 2.05) is 46.8 Å². The molecule has 2 aliphatic rings. The van der Waals surface area contributed by atoms with Crippen LogP contribution in [0.25, 0.3) is 5.57 Å².